The average Bonchev–Trinajstić information content (AvgIpc) is 0.710. The molecule has 0 bridgehead atoms. The first-order valence-electron chi connectivity index (χ1n) is 29.2. The Morgan fingerprint density at radius 3 is 1.17 bits per heavy atom. The Hall–Kier alpha value is -8.30. The second-order valence-corrected chi connectivity index (χ2v) is 27.0. The van der Waals surface area contributed by atoms with Crippen LogP contribution in [0.5, 0.6) is 0 Å². The molecule has 2 aromatic heterocycles. The molecule has 9 aromatic carbocycles. The molecule has 0 fully saturated rings. The number of nitrogens with zero attached hydrogens (tertiary/aromatic N) is 3. The number of halogens is 2. The number of carbonyl (C=O) groups is 2. The summed E-state index contributed by atoms with van der Waals surface area (Å²) in [6.07, 6.45) is 4.64. The van der Waals surface area contributed by atoms with Gasteiger partial charge in [0.05, 0.1) is 5.69 Å². The SMILES string of the molecule is CCCCN1C(=O)c2cc(-c3ccc(C(C)(C)C)cc3)c3c4c(-c5ccc(C(C)(C)C)cc5)cc5c(=O)n(B(F)F)/c(=C/c6ccccn6)c6cc(-c7ccc(C(C)(C)C)cc7)c(c7c(-c8ccc(C(C)(C)C)cc8)cc(c2c37)C1=O)c4c56. The van der Waals surface area contributed by atoms with Gasteiger partial charge in [0.25, 0.3) is 17.4 Å². The van der Waals surface area contributed by atoms with Crippen LogP contribution in [0.25, 0.3) is 104 Å². The van der Waals surface area contributed by atoms with Gasteiger partial charge < -0.3 is 0 Å². The molecule has 0 aliphatic carbocycles. The van der Waals surface area contributed by atoms with Crippen LogP contribution in [0.3, 0.4) is 0 Å². The van der Waals surface area contributed by atoms with Crippen LogP contribution in [0.4, 0.5) is 8.63 Å². The summed E-state index contributed by atoms with van der Waals surface area (Å²) in [6, 6.07) is 47.1. The molecule has 11 aromatic rings. The number of aromatic nitrogens is 2. The standard InChI is InChI=1S/C74H70BF2N3O3/c1-14-15-36-79-68(81)56-39-52(43-21-29-47(30-22-43)72(5,6)7)64-62-51(42-19-27-46(28-20-42)71(2,3)4)38-55-59(37-50-18-16-17-35-78-50)80(75(76)77)70(83)58-41-54(45-25-33-49(34-26-45)74(11,12)13)63(66(62)60(55)58)65-53(40-57(69(79)82)61(56)67(64)65)44-23-31-48(32-24-44)73(8,9)10/h16-35,37-41H,14-15,36H2,1-13H3/b59-37+. The largest absolute Gasteiger partial charge is 0.680 e. The highest BCUT2D eigenvalue weighted by Crippen LogP contribution is 2.56. The van der Waals surface area contributed by atoms with Gasteiger partial charge in [0, 0.05) is 61.5 Å². The molecule has 6 nitrogen and oxygen atoms in total. The van der Waals surface area contributed by atoms with E-state index in [9.17, 15) is 0 Å². The molecule has 9 heteroatoms. The number of unbranched alkanes of at least 4 members (excludes halogenated alkanes) is 1. The highest BCUT2D eigenvalue weighted by atomic mass is 19.2. The number of rotatable bonds is 9. The topological polar surface area (TPSA) is 72.3 Å². The van der Waals surface area contributed by atoms with Crippen LogP contribution in [0.2, 0.25) is 0 Å². The summed E-state index contributed by atoms with van der Waals surface area (Å²) in [4.78, 5) is 52.9. The van der Waals surface area contributed by atoms with Gasteiger partial charge in [0.2, 0.25) is 0 Å². The molecule has 0 unspecified atom stereocenters. The Morgan fingerprint density at radius 2 is 0.819 bits per heavy atom. The van der Waals surface area contributed by atoms with Crippen LogP contribution in [0, 0.1) is 0 Å². The van der Waals surface area contributed by atoms with E-state index >= 15 is 23.0 Å². The fourth-order valence-electron chi connectivity index (χ4n) is 12.7. The van der Waals surface area contributed by atoms with Crippen molar-refractivity contribution in [2.45, 2.75) is 125 Å². The normalized spacial score (nSPS) is 13.8. The third kappa shape index (κ3) is 9.13. The Balaban J connectivity index is 1.44. The van der Waals surface area contributed by atoms with Crippen molar-refractivity contribution in [1.82, 2.24) is 14.4 Å². The van der Waals surface area contributed by atoms with Crippen LogP contribution in [-0.2, 0) is 21.7 Å². The van der Waals surface area contributed by atoms with Gasteiger partial charge in [-0.05, 0) is 159 Å². The number of benzene rings is 9. The predicted molar refractivity (Wildman–Crippen MR) is 343 cm³/mol. The minimum Gasteiger partial charge on any atom is -0.291 e. The van der Waals surface area contributed by atoms with Crippen molar-refractivity contribution in [2.75, 3.05) is 6.54 Å². The van der Waals surface area contributed by atoms with Gasteiger partial charge in [-0.15, -0.1) is 0 Å². The molecule has 0 N–H and O–H groups in total. The Kier molecular flexibility index (Phi) is 13.1. The van der Waals surface area contributed by atoms with Crippen molar-refractivity contribution in [3.8, 4) is 44.5 Å². The maximum absolute atomic E-state index is 16.3. The molecule has 0 spiro atoms. The van der Waals surface area contributed by atoms with Crippen LogP contribution in [0.1, 0.15) is 152 Å². The summed E-state index contributed by atoms with van der Waals surface area (Å²) in [5, 5.41) is 6.32. The smallest absolute Gasteiger partial charge is 0.291 e. The maximum Gasteiger partial charge on any atom is 0.680 e. The van der Waals surface area contributed by atoms with E-state index in [-0.39, 0.29) is 50.8 Å². The van der Waals surface area contributed by atoms with Gasteiger partial charge >= 0.3 is 7.40 Å². The highest BCUT2D eigenvalue weighted by molar-refractivity contribution is 6.48. The quantitative estimate of drug-likeness (QED) is 0.0625. The molecular formula is C74H70BF2N3O3. The van der Waals surface area contributed by atoms with E-state index in [1.54, 1.807) is 30.5 Å². The molecule has 0 saturated heterocycles. The molecule has 0 atom stereocenters. The lowest BCUT2D eigenvalue weighted by Crippen LogP contribution is -2.41. The van der Waals surface area contributed by atoms with E-state index in [0.29, 0.717) is 54.8 Å². The minimum atomic E-state index is -3.22. The Labute approximate surface area is 485 Å². The van der Waals surface area contributed by atoms with Crippen LogP contribution in [-0.4, -0.2) is 40.1 Å². The number of carbonyl (C=O) groups excluding carboxylic acids is 2. The second-order valence-electron chi connectivity index (χ2n) is 27.0. The summed E-state index contributed by atoms with van der Waals surface area (Å²) in [5.74, 6) is -0.699. The first-order chi connectivity index (χ1) is 39.3. The number of amides is 2. The number of hydrogen-bond donors (Lipinski definition) is 0. The maximum atomic E-state index is 16.3. The van der Waals surface area contributed by atoms with Crippen molar-refractivity contribution < 1.29 is 18.2 Å². The zero-order valence-corrected chi connectivity index (χ0v) is 50.0. The Bertz CT molecular complexity index is 4430. The first kappa shape index (κ1) is 55.2. The van der Waals surface area contributed by atoms with Crippen LogP contribution >= 0.6 is 0 Å². The van der Waals surface area contributed by atoms with Crippen LogP contribution in [0.15, 0.2) is 151 Å². The van der Waals surface area contributed by atoms with Gasteiger partial charge in [-0.3, -0.25) is 37.4 Å². The molecule has 1 aliphatic heterocycles. The molecular weight excluding hydrogens is 1030 g/mol. The lowest BCUT2D eigenvalue weighted by molar-refractivity contribution is 0.0608. The van der Waals surface area contributed by atoms with Crippen molar-refractivity contribution in [2.24, 2.45) is 0 Å². The summed E-state index contributed by atoms with van der Waals surface area (Å²) >= 11 is 0. The lowest BCUT2D eigenvalue weighted by Gasteiger charge is -2.32. The average molecular weight is 1100 g/mol. The second kappa shape index (κ2) is 19.7. The summed E-state index contributed by atoms with van der Waals surface area (Å²) in [5.41, 5.74) is 10.4. The predicted octanol–water partition coefficient (Wildman–Crippen LogP) is 18.0. The van der Waals surface area contributed by atoms with Gasteiger partial charge in [-0.1, -0.05) is 200 Å². The van der Waals surface area contributed by atoms with Crippen LogP contribution < -0.4 is 10.9 Å². The van der Waals surface area contributed by atoms with Gasteiger partial charge in [0.15, 0.2) is 0 Å². The summed E-state index contributed by atoms with van der Waals surface area (Å²) < 4.78 is 33.2. The van der Waals surface area contributed by atoms with Gasteiger partial charge in [-0.2, -0.15) is 0 Å². The molecule has 2 amide bonds. The zero-order chi connectivity index (χ0) is 59.0. The number of fused-ring (bicyclic) bond motifs is 2. The molecule has 1 aliphatic rings. The number of hydrogen-bond acceptors (Lipinski definition) is 4. The highest BCUT2D eigenvalue weighted by Gasteiger charge is 2.38. The fourth-order valence-corrected chi connectivity index (χ4v) is 12.7. The first-order valence-corrected chi connectivity index (χ1v) is 29.2. The minimum absolute atomic E-state index is 0.0268. The molecule has 0 saturated carbocycles. The monoisotopic (exact) mass is 1100 g/mol. The molecule has 12 rings (SSSR count). The summed E-state index contributed by atoms with van der Waals surface area (Å²) in [6.45, 7) is 28.5. The van der Waals surface area contributed by atoms with Gasteiger partial charge in [-0.25, -0.2) is 0 Å². The molecule has 83 heavy (non-hydrogen) atoms. The van der Waals surface area contributed by atoms with Crippen molar-refractivity contribution >= 4 is 79.2 Å². The third-order valence-electron chi connectivity index (χ3n) is 17.4. The van der Waals surface area contributed by atoms with Crippen molar-refractivity contribution in [1.29, 1.82) is 0 Å². The van der Waals surface area contributed by atoms with E-state index in [1.807, 2.05) is 24.3 Å². The lowest BCUT2D eigenvalue weighted by atomic mass is 9.75. The molecule has 416 valence electrons. The van der Waals surface area contributed by atoms with E-state index < -0.39 is 13.0 Å². The third-order valence-corrected chi connectivity index (χ3v) is 17.4. The van der Waals surface area contributed by atoms with E-state index in [2.05, 4.69) is 192 Å². The van der Waals surface area contributed by atoms with Crippen molar-refractivity contribution in [3.05, 3.63) is 201 Å². The fraction of sp³-hybridized carbons (Fsp3) is 0.270. The van der Waals surface area contributed by atoms with E-state index in [1.165, 1.54) is 4.90 Å². The van der Waals surface area contributed by atoms with Crippen molar-refractivity contribution in [3.63, 3.8) is 0 Å². The van der Waals surface area contributed by atoms with E-state index in [0.717, 1.165) is 94.5 Å². The number of pyridine rings is 2. The molecule has 3 heterocycles. The number of imide groups is 1. The summed E-state index contributed by atoms with van der Waals surface area (Å²) in [7, 11) is -3.22. The molecule has 0 radical (unpaired) electrons. The Morgan fingerprint density at radius 1 is 0.446 bits per heavy atom. The van der Waals surface area contributed by atoms with E-state index in [4.69, 9.17) is 0 Å². The van der Waals surface area contributed by atoms with Gasteiger partial charge in [0.1, 0.15) is 0 Å². The zero-order valence-electron chi connectivity index (χ0n) is 50.0.